The summed E-state index contributed by atoms with van der Waals surface area (Å²) in [6, 6.07) is 0. The molecule has 0 fully saturated rings. The average molecular weight is 262 g/mol. The van der Waals surface area contributed by atoms with Crippen LogP contribution in [0, 0.1) is 13.8 Å². The van der Waals surface area contributed by atoms with E-state index in [1.807, 2.05) is 13.8 Å². The van der Waals surface area contributed by atoms with Crippen molar-refractivity contribution < 1.29 is 8.83 Å². The molecule has 0 aliphatic rings. The summed E-state index contributed by atoms with van der Waals surface area (Å²) in [5.74, 6) is 4.10. The first-order valence-electron chi connectivity index (χ1n) is 6.86. The minimum Gasteiger partial charge on any atom is -0.446 e. The fraction of sp³-hybridized carbons (Fsp3) is 0.600. The Kier molecular flexibility index (Phi) is 4.08. The van der Waals surface area contributed by atoms with Gasteiger partial charge >= 0.3 is 0 Å². The number of rotatable bonds is 5. The molecule has 0 N–H and O–H groups in total. The van der Waals surface area contributed by atoms with E-state index in [0.717, 1.165) is 41.8 Å². The quantitative estimate of drug-likeness (QED) is 0.812. The Morgan fingerprint density at radius 3 is 2.37 bits per heavy atom. The molecule has 2 aromatic heterocycles. The fourth-order valence-corrected chi connectivity index (χ4v) is 2.00. The number of hydrogen-bond acceptors (Lipinski definition) is 4. The maximum Gasteiger partial charge on any atom is 0.197 e. The van der Waals surface area contributed by atoms with Gasteiger partial charge in [-0.2, -0.15) is 0 Å². The van der Waals surface area contributed by atoms with Gasteiger partial charge in [-0.1, -0.05) is 20.8 Å². The smallest absolute Gasteiger partial charge is 0.197 e. The lowest BCUT2D eigenvalue weighted by molar-refractivity contribution is 0.403. The summed E-state index contributed by atoms with van der Waals surface area (Å²) in [5, 5.41) is 0. The first kappa shape index (κ1) is 13.8. The highest BCUT2D eigenvalue weighted by Gasteiger charge is 2.16. The van der Waals surface area contributed by atoms with Crippen molar-refractivity contribution in [1.82, 2.24) is 9.97 Å². The van der Waals surface area contributed by atoms with E-state index in [2.05, 4.69) is 30.7 Å². The SMILES string of the molecule is Cc1cnc(C(C)CCc2oc(C(C)C)nc2C)o1. The molecular formula is C15H22N2O2. The van der Waals surface area contributed by atoms with Gasteiger partial charge in [0, 0.05) is 18.3 Å². The lowest BCUT2D eigenvalue weighted by atomic mass is 10.0. The number of aryl methyl sites for hydroxylation is 3. The number of aromatic nitrogens is 2. The van der Waals surface area contributed by atoms with Gasteiger partial charge in [-0.15, -0.1) is 0 Å². The second-order valence-corrected chi connectivity index (χ2v) is 5.46. The molecule has 0 saturated carbocycles. The normalized spacial score (nSPS) is 13.2. The van der Waals surface area contributed by atoms with Crippen molar-refractivity contribution >= 4 is 0 Å². The molecule has 0 aliphatic carbocycles. The van der Waals surface area contributed by atoms with E-state index in [1.54, 1.807) is 6.20 Å². The van der Waals surface area contributed by atoms with E-state index in [4.69, 9.17) is 8.83 Å². The first-order chi connectivity index (χ1) is 8.97. The van der Waals surface area contributed by atoms with Crippen molar-refractivity contribution in [3.8, 4) is 0 Å². The predicted octanol–water partition coefficient (Wildman–Crippen LogP) is 4.14. The van der Waals surface area contributed by atoms with Gasteiger partial charge in [-0.25, -0.2) is 9.97 Å². The second kappa shape index (κ2) is 5.59. The third-order valence-corrected chi connectivity index (χ3v) is 3.27. The Morgan fingerprint density at radius 1 is 1.11 bits per heavy atom. The van der Waals surface area contributed by atoms with Crippen LogP contribution in [0.15, 0.2) is 15.0 Å². The van der Waals surface area contributed by atoms with Crippen LogP contribution in [0.3, 0.4) is 0 Å². The summed E-state index contributed by atoms with van der Waals surface area (Å²) >= 11 is 0. The summed E-state index contributed by atoms with van der Waals surface area (Å²) < 4.78 is 11.4. The Morgan fingerprint density at radius 2 is 1.84 bits per heavy atom. The molecule has 1 unspecified atom stereocenters. The molecule has 0 aliphatic heterocycles. The number of oxazole rings is 2. The van der Waals surface area contributed by atoms with Gasteiger partial charge in [0.05, 0.1) is 11.9 Å². The van der Waals surface area contributed by atoms with Crippen molar-refractivity contribution in [2.75, 3.05) is 0 Å². The van der Waals surface area contributed by atoms with Gasteiger partial charge in [0.25, 0.3) is 0 Å². The summed E-state index contributed by atoms with van der Waals surface area (Å²) in [6.07, 6.45) is 3.59. The standard InChI is InChI=1S/C15H22N2O2/c1-9(2)14-17-12(5)13(19-14)7-6-10(3)15-16-8-11(4)18-15/h8-10H,6-7H2,1-5H3. The molecule has 104 valence electrons. The molecule has 0 saturated heterocycles. The molecule has 19 heavy (non-hydrogen) atoms. The van der Waals surface area contributed by atoms with E-state index < -0.39 is 0 Å². The van der Waals surface area contributed by atoms with E-state index >= 15 is 0 Å². The van der Waals surface area contributed by atoms with Gasteiger partial charge in [-0.05, 0) is 20.3 Å². The van der Waals surface area contributed by atoms with Crippen LogP contribution in [0.5, 0.6) is 0 Å². The molecule has 2 aromatic rings. The van der Waals surface area contributed by atoms with Crippen LogP contribution < -0.4 is 0 Å². The Labute approximate surface area is 114 Å². The van der Waals surface area contributed by atoms with Crippen LogP contribution in [0.25, 0.3) is 0 Å². The minimum absolute atomic E-state index is 0.292. The molecule has 0 radical (unpaired) electrons. The zero-order valence-electron chi connectivity index (χ0n) is 12.4. The van der Waals surface area contributed by atoms with Crippen molar-refractivity contribution in [3.63, 3.8) is 0 Å². The van der Waals surface area contributed by atoms with Gasteiger partial charge in [-0.3, -0.25) is 0 Å². The van der Waals surface area contributed by atoms with Crippen LogP contribution in [0.4, 0.5) is 0 Å². The lowest BCUT2D eigenvalue weighted by Crippen LogP contribution is -1.97. The average Bonchev–Trinajstić information content (AvgIpc) is 2.93. The Bertz CT molecular complexity index is 540. The number of nitrogens with zero attached hydrogens (tertiary/aromatic N) is 2. The van der Waals surface area contributed by atoms with Crippen LogP contribution >= 0.6 is 0 Å². The molecule has 2 heterocycles. The summed E-state index contributed by atoms with van der Waals surface area (Å²) in [5.41, 5.74) is 1.000. The minimum atomic E-state index is 0.292. The highest BCUT2D eigenvalue weighted by Crippen LogP contribution is 2.24. The largest absolute Gasteiger partial charge is 0.446 e. The Balaban J connectivity index is 1.98. The molecular weight excluding hydrogens is 240 g/mol. The summed E-state index contributed by atoms with van der Waals surface area (Å²) in [4.78, 5) is 8.73. The lowest BCUT2D eigenvalue weighted by Gasteiger charge is -2.05. The maximum absolute atomic E-state index is 5.81. The molecule has 4 nitrogen and oxygen atoms in total. The van der Waals surface area contributed by atoms with Crippen LogP contribution in [-0.2, 0) is 6.42 Å². The van der Waals surface area contributed by atoms with Gasteiger partial charge in [0.15, 0.2) is 11.8 Å². The third-order valence-electron chi connectivity index (χ3n) is 3.27. The number of hydrogen-bond donors (Lipinski definition) is 0. The van der Waals surface area contributed by atoms with Crippen LogP contribution in [0.1, 0.15) is 68.0 Å². The van der Waals surface area contributed by atoms with Crippen LogP contribution in [0.2, 0.25) is 0 Å². The van der Waals surface area contributed by atoms with Crippen molar-refractivity contribution in [3.05, 3.63) is 35.2 Å². The first-order valence-corrected chi connectivity index (χ1v) is 6.86. The molecule has 0 bridgehead atoms. The van der Waals surface area contributed by atoms with E-state index in [1.165, 1.54) is 0 Å². The fourth-order valence-electron chi connectivity index (χ4n) is 2.00. The molecule has 0 spiro atoms. The van der Waals surface area contributed by atoms with Gasteiger partial charge in [0.2, 0.25) is 0 Å². The molecule has 4 heteroatoms. The second-order valence-electron chi connectivity index (χ2n) is 5.46. The van der Waals surface area contributed by atoms with Crippen LogP contribution in [-0.4, -0.2) is 9.97 Å². The monoisotopic (exact) mass is 262 g/mol. The summed E-state index contributed by atoms with van der Waals surface area (Å²) in [7, 11) is 0. The zero-order chi connectivity index (χ0) is 14.0. The molecule has 0 amide bonds. The van der Waals surface area contributed by atoms with Gasteiger partial charge in [0.1, 0.15) is 11.5 Å². The summed E-state index contributed by atoms with van der Waals surface area (Å²) in [6.45, 7) is 10.2. The molecule has 1 atom stereocenters. The molecule has 2 rings (SSSR count). The van der Waals surface area contributed by atoms with Crippen molar-refractivity contribution in [1.29, 1.82) is 0 Å². The van der Waals surface area contributed by atoms with E-state index in [-0.39, 0.29) is 0 Å². The Hall–Kier alpha value is -1.58. The highest BCUT2D eigenvalue weighted by atomic mass is 16.4. The van der Waals surface area contributed by atoms with Crippen molar-refractivity contribution in [2.45, 2.75) is 59.3 Å². The van der Waals surface area contributed by atoms with Gasteiger partial charge < -0.3 is 8.83 Å². The topological polar surface area (TPSA) is 52.1 Å². The highest BCUT2D eigenvalue weighted by molar-refractivity contribution is 5.10. The predicted molar refractivity (Wildman–Crippen MR) is 73.3 cm³/mol. The van der Waals surface area contributed by atoms with E-state index in [9.17, 15) is 0 Å². The third kappa shape index (κ3) is 3.25. The van der Waals surface area contributed by atoms with Crippen molar-refractivity contribution in [2.24, 2.45) is 0 Å². The van der Waals surface area contributed by atoms with E-state index in [0.29, 0.717) is 11.8 Å². The zero-order valence-corrected chi connectivity index (χ0v) is 12.4. The molecule has 0 aromatic carbocycles. The maximum atomic E-state index is 5.81.